The number of nitrogens with one attached hydrogen (secondary N) is 1. The number of halogens is 2. The number of hydrogen-bond donors (Lipinski definition) is 1. The van der Waals surface area contributed by atoms with E-state index in [9.17, 15) is 4.79 Å². The van der Waals surface area contributed by atoms with Crippen molar-refractivity contribution < 1.29 is 4.79 Å². The van der Waals surface area contributed by atoms with Crippen molar-refractivity contribution in [3.63, 3.8) is 0 Å². The summed E-state index contributed by atoms with van der Waals surface area (Å²) in [6.07, 6.45) is 1.59. The van der Waals surface area contributed by atoms with Crippen LogP contribution in [-0.2, 0) is 15.6 Å². The third-order valence-corrected chi connectivity index (χ3v) is 8.87. The number of carbonyl (C=O) groups excluding carboxylic acids is 1. The molecule has 0 radical (unpaired) electrons. The molecule has 4 nitrogen and oxygen atoms in total. The van der Waals surface area contributed by atoms with Crippen molar-refractivity contribution in [3.8, 4) is 0 Å². The van der Waals surface area contributed by atoms with Gasteiger partial charge < -0.3 is 5.32 Å². The van der Waals surface area contributed by atoms with E-state index in [1.165, 1.54) is 5.56 Å². The molecular formula is C25H25Cl2N3O. The fourth-order valence-electron chi connectivity index (χ4n) is 5.70. The Morgan fingerprint density at radius 1 is 0.935 bits per heavy atom. The van der Waals surface area contributed by atoms with Crippen LogP contribution < -0.4 is 5.32 Å². The summed E-state index contributed by atoms with van der Waals surface area (Å²) in [5, 5.41) is 3.89. The van der Waals surface area contributed by atoms with Gasteiger partial charge in [0.2, 0.25) is 5.91 Å². The number of aryl methyl sites for hydroxylation is 2. The summed E-state index contributed by atoms with van der Waals surface area (Å²) in [5.74, 6) is -0.118. The Labute approximate surface area is 192 Å². The Kier molecular flexibility index (Phi) is 4.30. The Morgan fingerprint density at radius 2 is 1.48 bits per heavy atom. The molecule has 2 bridgehead atoms. The van der Waals surface area contributed by atoms with Gasteiger partial charge in [0.15, 0.2) is 0 Å². The Balaban J connectivity index is 1.73. The van der Waals surface area contributed by atoms with Crippen molar-refractivity contribution in [1.29, 1.82) is 0 Å². The Hall–Kier alpha value is -2.17. The Morgan fingerprint density at radius 3 is 2.06 bits per heavy atom. The molecule has 0 aliphatic heterocycles. The molecule has 5 rings (SSSR count). The van der Waals surface area contributed by atoms with E-state index in [1.807, 2.05) is 0 Å². The fourth-order valence-corrected chi connectivity index (χ4v) is 6.19. The van der Waals surface area contributed by atoms with E-state index < -0.39 is 5.41 Å². The normalized spacial score (nSPS) is 25.6. The number of anilines is 1. The van der Waals surface area contributed by atoms with Gasteiger partial charge in [0.05, 0.1) is 43.6 Å². The highest BCUT2D eigenvalue weighted by molar-refractivity contribution is 6.39. The standard InChI is InChI=1S/C25H25Cl2N3O/c1-13-11-17-18(12-14(13)2)29-21-20(28-17)24(5)9-10-25(21,23(24,3)4)22(31)30-19-15(26)7-6-8-16(19)27/h6-8,11-12H,9-10H2,1-5H3,(H,30,31). The third-order valence-electron chi connectivity index (χ3n) is 8.24. The van der Waals surface area contributed by atoms with Crippen LogP contribution in [-0.4, -0.2) is 15.9 Å². The van der Waals surface area contributed by atoms with Crippen LogP contribution in [0.4, 0.5) is 5.69 Å². The molecule has 3 aromatic rings. The summed E-state index contributed by atoms with van der Waals surface area (Å²) in [6.45, 7) is 10.7. The Bertz CT molecular complexity index is 1270. The van der Waals surface area contributed by atoms with E-state index in [2.05, 4.69) is 52.1 Å². The van der Waals surface area contributed by atoms with Gasteiger partial charge in [-0.1, -0.05) is 50.0 Å². The van der Waals surface area contributed by atoms with Crippen molar-refractivity contribution in [2.45, 2.75) is 58.3 Å². The molecule has 2 unspecified atom stereocenters. The molecule has 0 spiro atoms. The first-order valence-electron chi connectivity index (χ1n) is 10.6. The molecule has 160 valence electrons. The van der Waals surface area contributed by atoms with Crippen LogP contribution in [0.1, 0.15) is 56.1 Å². The molecular weight excluding hydrogens is 429 g/mol. The van der Waals surface area contributed by atoms with Crippen LogP contribution in [0.2, 0.25) is 10.0 Å². The van der Waals surface area contributed by atoms with Crippen LogP contribution in [0.15, 0.2) is 30.3 Å². The molecule has 2 aliphatic carbocycles. The lowest BCUT2D eigenvalue weighted by atomic mass is 9.63. The number of para-hydroxylation sites is 1. The zero-order valence-corrected chi connectivity index (χ0v) is 19.9. The van der Waals surface area contributed by atoms with Gasteiger partial charge in [0.25, 0.3) is 0 Å². The lowest BCUT2D eigenvalue weighted by Gasteiger charge is -2.39. The molecule has 1 heterocycles. The number of hydrogen-bond acceptors (Lipinski definition) is 3. The van der Waals surface area contributed by atoms with E-state index >= 15 is 0 Å². The molecule has 2 aromatic carbocycles. The maximum absolute atomic E-state index is 14.0. The molecule has 6 heteroatoms. The zero-order valence-electron chi connectivity index (χ0n) is 18.4. The van der Waals surface area contributed by atoms with Gasteiger partial charge in [-0.2, -0.15) is 0 Å². The van der Waals surface area contributed by atoms with Crippen molar-refractivity contribution in [3.05, 3.63) is 62.9 Å². The van der Waals surface area contributed by atoms with Gasteiger partial charge in [-0.15, -0.1) is 0 Å². The van der Waals surface area contributed by atoms with Crippen molar-refractivity contribution in [2.24, 2.45) is 5.41 Å². The van der Waals surface area contributed by atoms with Crippen LogP contribution in [0.5, 0.6) is 0 Å². The van der Waals surface area contributed by atoms with Crippen molar-refractivity contribution >= 4 is 45.8 Å². The molecule has 1 fully saturated rings. The summed E-state index contributed by atoms with van der Waals surface area (Å²) in [4.78, 5) is 24.1. The molecule has 1 N–H and O–H groups in total. The highest BCUT2D eigenvalue weighted by Crippen LogP contribution is 2.70. The second kappa shape index (κ2) is 6.43. The first-order chi connectivity index (χ1) is 14.5. The number of carbonyl (C=O) groups is 1. The molecule has 31 heavy (non-hydrogen) atoms. The quantitative estimate of drug-likeness (QED) is 0.480. The average Bonchev–Trinajstić information content (AvgIpc) is 3.00. The second-order valence-electron chi connectivity index (χ2n) is 9.76. The lowest BCUT2D eigenvalue weighted by molar-refractivity contribution is -0.125. The zero-order chi connectivity index (χ0) is 22.3. The van der Waals surface area contributed by atoms with Gasteiger partial charge in [-0.05, 0) is 67.5 Å². The van der Waals surface area contributed by atoms with Gasteiger partial charge in [0, 0.05) is 5.41 Å². The van der Waals surface area contributed by atoms with Crippen molar-refractivity contribution in [1.82, 2.24) is 9.97 Å². The van der Waals surface area contributed by atoms with Crippen LogP contribution >= 0.6 is 23.2 Å². The minimum absolute atomic E-state index is 0.118. The predicted octanol–water partition coefficient (Wildman–Crippen LogP) is 6.52. The number of benzene rings is 2. The van der Waals surface area contributed by atoms with Gasteiger partial charge in [-0.3, -0.25) is 4.79 Å². The molecule has 1 aromatic heterocycles. The minimum Gasteiger partial charge on any atom is -0.323 e. The molecule has 2 atom stereocenters. The average molecular weight is 454 g/mol. The summed E-state index contributed by atoms with van der Waals surface area (Å²) < 4.78 is 0. The second-order valence-corrected chi connectivity index (χ2v) is 10.6. The van der Waals surface area contributed by atoms with E-state index in [0.29, 0.717) is 22.2 Å². The van der Waals surface area contributed by atoms with Crippen LogP contribution in [0.25, 0.3) is 11.0 Å². The number of amides is 1. The number of fused-ring (bicyclic) bond motifs is 6. The summed E-state index contributed by atoms with van der Waals surface area (Å²) in [6, 6.07) is 9.38. The minimum atomic E-state index is -0.806. The number of rotatable bonds is 2. The smallest absolute Gasteiger partial charge is 0.237 e. The maximum atomic E-state index is 14.0. The van der Waals surface area contributed by atoms with Crippen LogP contribution in [0, 0.1) is 19.3 Å². The monoisotopic (exact) mass is 453 g/mol. The van der Waals surface area contributed by atoms with Gasteiger partial charge in [0.1, 0.15) is 0 Å². The lowest BCUT2D eigenvalue weighted by Crippen LogP contribution is -2.48. The van der Waals surface area contributed by atoms with E-state index in [-0.39, 0.29) is 16.7 Å². The van der Waals surface area contributed by atoms with Gasteiger partial charge >= 0.3 is 0 Å². The fraction of sp³-hybridized carbons (Fsp3) is 0.400. The number of aromatic nitrogens is 2. The third kappa shape index (κ3) is 2.46. The first kappa shape index (κ1) is 20.7. The maximum Gasteiger partial charge on any atom is 0.237 e. The highest BCUT2D eigenvalue weighted by atomic mass is 35.5. The van der Waals surface area contributed by atoms with Gasteiger partial charge in [-0.25, -0.2) is 9.97 Å². The summed E-state index contributed by atoms with van der Waals surface area (Å²) in [7, 11) is 0. The van der Waals surface area contributed by atoms with E-state index in [4.69, 9.17) is 33.2 Å². The van der Waals surface area contributed by atoms with E-state index in [0.717, 1.165) is 34.4 Å². The molecule has 0 saturated heterocycles. The molecule has 2 aliphatic rings. The van der Waals surface area contributed by atoms with E-state index in [1.54, 1.807) is 18.2 Å². The molecule has 1 amide bonds. The van der Waals surface area contributed by atoms with Crippen LogP contribution in [0.3, 0.4) is 0 Å². The highest BCUT2D eigenvalue weighted by Gasteiger charge is 2.73. The molecule has 1 saturated carbocycles. The van der Waals surface area contributed by atoms with Crippen molar-refractivity contribution in [2.75, 3.05) is 5.32 Å². The summed E-state index contributed by atoms with van der Waals surface area (Å²) in [5.41, 5.74) is 4.83. The number of nitrogens with zero attached hydrogens (tertiary/aromatic N) is 2. The SMILES string of the molecule is Cc1cc2nc3c(nc2cc1C)C1(C(=O)Nc2c(Cl)cccc2Cl)CCC3(C)C1(C)C. The largest absolute Gasteiger partial charge is 0.323 e. The topological polar surface area (TPSA) is 54.9 Å². The first-order valence-corrected chi connectivity index (χ1v) is 11.3. The summed E-state index contributed by atoms with van der Waals surface area (Å²) >= 11 is 12.7. The predicted molar refractivity (Wildman–Crippen MR) is 126 cm³/mol.